The molecular weight excluding hydrogens is 274 g/mol. The van der Waals surface area contributed by atoms with E-state index in [1.807, 2.05) is 0 Å². The Balaban J connectivity index is 1.46. The highest BCUT2D eigenvalue weighted by Gasteiger charge is 2.34. The zero-order chi connectivity index (χ0) is 15.4. The zero-order valence-corrected chi connectivity index (χ0v) is 13.3. The van der Waals surface area contributed by atoms with Crippen LogP contribution in [0, 0.1) is 5.92 Å². The molecule has 0 atom stereocenters. The molecule has 22 heavy (non-hydrogen) atoms. The van der Waals surface area contributed by atoms with E-state index in [9.17, 15) is 4.79 Å². The highest BCUT2D eigenvalue weighted by molar-refractivity contribution is 5.78. The molecule has 3 rings (SSSR count). The summed E-state index contributed by atoms with van der Waals surface area (Å²) in [5, 5.41) is 0. The Morgan fingerprint density at radius 1 is 1.14 bits per heavy atom. The summed E-state index contributed by atoms with van der Waals surface area (Å²) in [6, 6.07) is 11.2. The lowest BCUT2D eigenvalue weighted by atomic mass is 9.95. The van der Waals surface area contributed by atoms with Crippen LogP contribution in [0.15, 0.2) is 30.3 Å². The second-order valence-electron chi connectivity index (χ2n) is 6.69. The summed E-state index contributed by atoms with van der Waals surface area (Å²) in [7, 11) is 0. The lowest BCUT2D eigenvalue weighted by molar-refractivity contribution is -0.131. The first-order valence-electron chi connectivity index (χ1n) is 8.52. The molecule has 1 amide bonds. The third-order valence-electron chi connectivity index (χ3n) is 4.89. The molecule has 4 nitrogen and oxygen atoms in total. The number of hydrogen-bond acceptors (Lipinski definition) is 3. The van der Waals surface area contributed by atoms with Crippen molar-refractivity contribution >= 4 is 5.91 Å². The topological polar surface area (TPSA) is 49.6 Å². The highest BCUT2D eigenvalue weighted by Crippen LogP contribution is 2.29. The smallest absolute Gasteiger partial charge is 0.236 e. The molecule has 120 valence electrons. The maximum absolute atomic E-state index is 12.0. The molecule has 2 N–H and O–H groups in total. The fourth-order valence-corrected chi connectivity index (χ4v) is 3.40. The van der Waals surface area contributed by atoms with Crippen LogP contribution < -0.4 is 5.73 Å². The van der Waals surface area contributed by atoms with Crippen molar-refractivity contribution in [2.45, 2.75) is 38.3 Å². The summed E-state index contributed by atoms with van der Waals surface area (Å²) in [6.07, 6.45) is 4.71. The van der Waals surface area contributed by atoms with E-state index in [2.05, 4.69) is 40.1 Å². The molecule has 1 saturated heterocycles. The van der Waals surface area contributed by atoms with Crippen molar-refractivity contribution in [3.05, 3.63) is 35.9 Å². The van der Waals surface area contributed by atoms with E-state index in [0.717, 1.165) is 26.2 Å². The van der Waals surface area contributed by atoms with E-state index in [0.29, 0.717) is 12.0 Å². The average molecular weight is 301 g/mol. The minimum absolute atomic E-state index is 0.134. The average Bonchev–Trinajstić information content (AvgIpc) is 3.39. The SMILES string of the molecule is NCC(=O)N(CC1CCN(Cc2ccccc2)CC1)C1CC1. The highest BCUT2D eigenvalue weighted by atomic mass is 16.2. The summed E-state index contributed by atoms with van der Waals surface area (Å²) in [5.74, 6) is 0.775. The molecule has 0 radical (unpaired) electrons. The van der Waals surface area contributed by atoms with E-state index >= 15 is 0 Å². The largest absolute Gasteiger partial charge is 0.338 e. The van der Waals surface area contributed by atoms with Crippen LogP contribution in [-0.4, -0.2) is 47.9 Å². The van der Waals surface area contributed by atoms with Crippen molar-refractivity contribution < 1.29 is 4.79 Å². The lowest BCUT2D eigenvalue weighted by Gasteiger charge is -2.35. The predicted octanol–water partition coefficient (Wildman–Crippen LogP) is 1.85. The molecule has 1 aliphatic carbocycles. The van der Waals surface area contributed by atoms with Crippen LogP contribution in [-0.2, 0) is 11.3 Å². The van der Waals surface area contributed by atoms with E-state index in [1.54, 1.807) is 0 Å². The number of piperidine rings is 1. The molecule has 1 aromatic rings. The minimum Gasteiger partial charge on any atom is -0.338 e. The molecule has 0 bridgehead atoms. The van der Waals surface area contributed by atoms with Gasteiger partial charge in [-0.05, 0) is 50.3 Å². The molecule has 0 spiro atoms. The Morgan fingerprint density at radius 3 is 2.41 bits per heavy atom. The van der Waals surface area contributed by atoms with Crippen molar-refractivity contribution in [2.75, 3.05) is 26.2 Å². The number of benzene rings is 1. The van der Waals surface area contributed by atoms with Crippen molar-refractivity contribution in [1.29, 1.82) is 0 Å². The van der Waals surface area contributed by atoms with Crippen LogP contribution in [0.3, 0.4) is 0 Å². The molecule has 2 aliphatic rings. The van der Waals surface area contributed by atoms with Gasteiger partial charge in [0.05, 0.1) is 6.54 Å². The predicted molar refractivity (Wildman–Crippen MR) is 88.2 cm³/mol. The summed E-state index contributed by atoms with van der Waals surface area (Å²) in [6.45, 7) is 4.38. The van der Waals surface area contributed by atoms with E-state index in [-0.39, 0.29) is 12.5 Å². The maximum Gasteiger partial charge on any atom is 0.236 e. The monoisotopic (exact) mass is 301 g/mol. The van der Waals surface area contributed by atoms with Gasteiger partial charge in [-0.25, -0.2) is 0 Å². The number of rotatable bonds is 6. The van der Waals surface area contributed by atoms with Crippen molar-refractivity contribution in [2.24, 2.45) is 11.7 Å². The minimum atomic E-state index is 0.134. The van der Waals surface area contributed by atoms with Gasteiger partial charge in [-0.3, -0.25) is 9.69 Å². The van der Waals surface area contributed by atoms with Crippen LogP contribution in [0.2, 0.25) is 0 Å². The quantitative estimate of drug-likeness (QED) is 0.872. The number of nitrogens with zero attached hydrogens (tertiary/aromatic N) is 2. The van der Waals surface area contributed by atoms with Crippen LogP contribution in [0.1, 0.15) is 31.2 Å². The lowest BCUT2D eigenvalue weighted by Crippen LogP contribution is -2.43. The summed E-state index contributed by atoms with van der Waals surface area (Å²) in [4.78, 5) is 16.5. The van der Waals surface area contributed by atoms with Gasteiger partial charge in [0.15, 0.2) is 0 Å². The number of nitrogens with two attached hydrogens (primary N) is 1. The fraction of sp³-hybridized carbons (Fsp3) is 0.611. The van der Waals surface area contributed by atoms with Gasteiger partial charge in [0.25, 0.3) is 0 Å². The third-order valence-corrected chi connectivity index (χ3v) is 4.89. The number of carbonyl (C=O) groups is 1. The first-order valence-corrected chi connectivity index (χ1v) is 8.52. The van der Waals surface area contributed by atoms with Gasteiger partial charge in [-0.15, -0.1) is 0 Å². The zero-order valence-electron chi connectivity index (χ0n) is 13.3. The van der Waals surface area contributed by atoms with Gasteiger partial charge in [0.2, 0.25) is 5.91 Å². The third kappa shape index (κ3) is 4.08. The Morgan fingerprint density at radius 2 is 1.82 bits per heavy atom. The number of likely N-dealkylation sites (tertiary alicyclic amines) is 1. The van der Waals surface area contributed by atoms with Gasteiger partial charge in [-0.1, -0.05) is 30.3 Å². The number of amides is 1. The first-order chi connectivity index (χ1) is 10.8. The van der Waals surface area contributed by atoms with Gasteiger partial charge in [0.1, 0.15) is 0 Å². The Hall–Kier alpha value is -1.39. The second-order valence-corrected chi connectivity index (χ2v) is 6.69. The Kier molecular flexibility index (Phi) is 5.11. The summed E-state index contributed by atoms with van der Waals surface area (Å²) >= 11 is 0. The molecule has 0 unspecified atom stereocenters. The Labute approximate surface area is 133 Å². The molecule has 1 aromatic carbocycles. The van der Waals surface area contributed by atoms with E-state index in [4.69, 9.17) is 5.73 Å². The summed E-state index contributed by atoms with van der Waals surface area (Å²) in [5.41, 5.74) is 6.94. The second kappa shape index (κ2) is 7.25. The van der Waals surface area contributed by atoms with Crippen molar-refractivity contribution in [1.82, 2.24) is 9.80 Å². The van der Waals surface area contributed by atoms with Gasteiger partial charge in [-0.2, -0.15) is 0 Å². The van der Waals surface area contributed by atoms with Gasteiger partial charge < -0.3 is 10.6 Å². The van der Waals surface area contributed by atoms with Crippen molar-refractivity contribution in [3.8, 4) is 0 Å². The molecule has 2 fully saturated rings. The molecule has 4 heteroatoms. The first kappa shape index (κ1) is 15.5. The Bertz CT molecular complexity index is 478. The van der Waals surface area contributed by atoms with Gasteiger partial charge in [0, 0.05) is 19.1 Å². The van der Waals surface area contributed by atoms with Crippen LogP contribution in [0.25, 0.3) is 0 Å². The fourth-order valence-electron chi connectivity index (χ4n) is 3.40. The van der Waals surface area contributed by atoms with Gasteiger partial charge >= 0.3 is 0 Å². The van der Waals surface area contributed by atoms with Crippen LogP contribution >= 0.6 is 0 Å². The molecule has 1 aliphatic heterocycles. The molecule has 0 aromatic heterocycles. The van der Waals surface area contributed by atoms with E-state index < -0.39 is 0 Å². The van der Waals surface area contributed by atoms with E-state index in [1.165, 1.54) is 31.2 Å². The van der Waals surface area contributed by atoms with Crippen molar-refractivity contribution in [3.63, 3.8) is 0 Å². The maximum atomic E-state index is 12.0. The molecular formula is C18H27N3O. The number of hydrogen-bond donors (Lipinski definition) is 1. The number of carbonyl (C=O) groups excluding carboxylic acids is 1. The molecule has 1 heterocycles. The van der Waals surface area contributed by atoms with Crippen LogP contribution in [0.5, 0.6) is 0 Å². The normalized spacial score (nSPS) is 20.0. The standard InChI is InChI=1S/C18H27N3O/c19-12-18(22)21(17-6-7-17)14-16-8-10-20(11-9-16)13-15-4-2-1-3-5-15/h1-5,16-17H,6-14,19H2. The summed E-state index contributed by atoms with van der Waals surface area (Å²) < 4.78 is 0. The van der Waals surface area contributed by atoms with Crippen LogP contribution in [0.4, 0.5) is 0 Å². The molecule has 1 saturated carbocycles.